The maximum absolute atomic E-state index is 12.8. The van der Waals surface area contributed by atoms with Gasteiger partial charge in [0.05, 0.1) is 32.5 Å². The standard InChI is InChI=1S/C47H59NO18/c1-26-38(65-46-36(48-27(2)50)40(62-30(5)53)39(61-29(4)52)35(64-46)25-56-28(3)51)42(43(45(55)60-26)58-23-32-17-11-7-12-18-32)66-47-44(59-24-33-19-13-8-14-20-33)41(37(54)34(21-49)63-47)57-22-31-15-9-6-10-16-31/h6-20,26,34-47,49,54-55H,21-25H2,1-5H3,(H,48,50)/t26-,34+,35+,36+,37+,38+,39+,40+,41-,42+,43-,44+,45-,46-,47+/m0/s1. The number of rotatable bonds is 19. The van der Waals surface area contributed by atoms with Crippen LogP contribution < -0.4 is 5.32 Å². The van der Waals surface area contributed by atoms with Crippen molar-refractivity contribution in [1.82, 2.24) is 5.32 Å². The number of benzene rings is 3. The van der Waals surface area contributed by atoms with Crippen LogP contribution in [0.4, 0.5) is 0 Å². The van der Waals surface area contributed by atoms with Crippen molar-refractivity contribution in [3.05, 3.63) is 108 Å². The molecule has 3 fully saturated rings. The molecule has 4 N–H and O–H groups in total. The van der Waals surface area contributed by atoms with Gasteiger partial charge in [-0.2, -0.15) is 0 Å². The van der Waals surface area contributed by atoms with Gasteiger partial charge < -0.3 is 72.7 Å². The molecule has 6 rings (SSSR count). The monoisotopic (exact) mass is 925 g/mol. The summed E-state index contributed by atoms with van der Waals surface area (Å²) in [7, 11) is 0. The van der Waals surface area contributed by atoms with Crippen LogP contribution in [0.25, 0.3) is 0 Å². The summed E-state index contributed by atoms with van der Waals surface area (Å²) >= 11 is 0. The fourth-order valence-electron chi connectivity index (χ4n) is 8.05. The molecule has 0 saturated carbocycles. The van der Waals surface area contributed by atoms with E-state index in [1.165, 1.54) is 6.92 Å². The fourth-order valence-corrected chi connectivity index (χ4v) is 8.05. The Bertz CT molecular complexity index is 2000. The number of amides is 1. The summed E-state index contributed by atoms with van der Waals surface area (Å²) in [6.07, 6.45) is -19.1. The summed E-state index contributed by atoms with van der Waals surface area (Å²) in [5.41, 5.74) is 2.29. The lowest BCUT2D eigenvalue weighted by Crippen LogP contribution is -2.69. The van der Waals surface area contributed by atoms with E-state index in [4.69, 9.17) is 52.1 Å². The molecule has 0 aromatic heterocycles. The van der Waals surface area contributed by atoms with Gasteiger partial charge in [0.1, 0.15) is 61.5 Å². The quantitative estimate of drug-likeness (QED) is 0.0993. The van der Waals surface area contributed by atoms with Crippen LogP contribution in [0, 0.1) is 0 Å². The number of carbonyl (C=O) groups is 4. The van der Waals surface area contributed by atoms with Crippen molar-refractivity contribution in [1.29, 1.82) is 0 Å². The number of ether oxygens (including phenoxy) is 11. The molecule has 0 radical (unpaired) electrons. The van der Waals surface area contributed by atoms with E-state index in [-0.39, 0.29) is 19.8 Å². The lowest BCUT2D eigenvalue weighted by atomic mass is 9.94. The second-order valence-corrected chi connectivity index (χ2v) is 16.2. The number of carbonyl (C=O) groups excluding carboxylic acids is 4. The Morgan fingerprint density at radius 2 is 1.05 bits per heavy atom. The zero-order valence-electron chi connectivity index (χ0n) is 37.3. The third-order valence-corrected chi connectivity index (χ3v) is 11.1. The molecule has 3 aliphatic rings. The first-order chi connectivity index (χ1) is 31.7. The van der Waals surface area contributed by atoms with Crippen LogP contribution in [0.5, 0.6) is 0 Å². The third-order valence-electron chi connectivity index (χ3n) is 11.1. The van der Waals surface area contributed by atoms with Crippen LogP contribution in [0.1, 0.15) is 51.3 Å². The van der Waals surface area contributed by atoms with E-state index in [0.717, 1.165) is 37.5 Å². The van der Waals surface area contributed by atoms with Gasteiger partial charge >= 0.3 is 17.9 Å². The highest BCUT2D eigenvalue weighted by molar-refractivity contribution is 5.73. The molecule has 66 heavy (non-hydrogen) atoms. The van der Waals surface area contributed by atoms with Crippen molar-refractivity contribution < 1.29 is 86.6 Å². The third kappa shape index (κ3) is 13.6. The number of aliphatic hydroxyl groups excluding tert-OH is 3. The molecule has 19 heteroatoms. The Hall–Kier alpha value is -4.90. The second kappa shape index (κ2) is 24.2. The molecule has 1 amide bonds. The highest BCUT2D eigenvalue weighted by atomic mass is 16.8. The van der Waals surface area contributed by atoms with Crippen molar-refractivity contribution in [2.75, 3.05) is 13.2 Å². The SMILES string of the molecule is CC(=O)N[C@H]1[C@H](O[C@H]2[C@@H](O[C@H]3O[C@H](CO)[C@@H](O)[C@H](OCc4ccccc4)[C@H]3OCc3ccccc3)[C@H](OCc3ccccc3)[C@@H](O)O[C@H]2C)O[C@H](COC(C)=O)[C@@H](OC(C)=O)[C@@H]1OC(C)=O. The maximum atomic E-state index is 12.8. The molecule has 3 aromatic rings. The van der Waals surface area contributed by atoms with E-state index >= 15 is 0 Å². The lowest BCUT2D eigenvalue weighted by Gasteiger charge is -2.50. The fraction of sp³-hybridized carbons (Fsp3) is 0.532. The Labute approximate surface area is 382 Å². The average Bonchev–Trinajstić information content (AvgIpc) is 3.28. The van der Waals surface area contributed by atoms with E-state index < -0.39 is 129 Å². The van der Waals surface area contributed by atoms with Crippen molar-refractivity contribution >= 4 is 23.8 Å². The zero-order valence-corrected chi connectivity index (χ0v) is 37.3. The Kier molecular flexibility index (Phi) is 18.5. The van der Waals surface area contributed by atoms with Gasteiger partial charge in [-0.15, -0.1) is 0 Å². The highest BCUT2D eigenvalue weighted by Crippen LogP contribution is 2.37. The van der Waals surface area contributed by atoms with Crippen molar-refractivity contribution in [3.63, 3.8) is 0 Å². The molecular weight excluding hydrogens is 867 g/mol. The smallest absolute Gasteiger partial charge is 0.303 e. The van der Waals surface area contributed by atoms with Gasteiger partial charge in [0.2, 0.25) is 5.91 Å². The van der Waals surface area contributed by atoms with Crippen LogP contribution in [-0.4, -0.2) is 144 Å². The van der Waals surface area contributed by atoms with E-state index in [9.17, 15) is 34.5 Å². The van der Waals surface area contributed by atoms with Gasteiger partial charge in [0, 0.05) is 27.7 Å². The molecule has 19 nitrogen and oxygen atoms in total. The van der Waals surface area contributed by atoms with Gasteiger partial charge in [-0.3, -0.25) is 19.2 Å². The van der Waals surface area contributed by atoms with Crippen LogP contribution >= 0.6 is 0 Å². The van der Waals surface area contributed by atoms with Crippen molar-refractivity contribution in [2.45, 2.75) is 146 Å². The van der Waals surface area contributed by atoms with Crippen molar-refractivity contribution in [2.24, 2.45) is 0 Å². The normalized spacial score (nSPS) is 32.2. The van der Waals surface area contributed by atoms with Crippen molar-refractivity contribution in [3.8, 4) is 0 Å². The van der Waals surface area contributed by atoms with E-state index in [1.807, 2.05) is 91.0 Å². The minimum absolute atomic E-state index is 0.0101. The molecule has 3 saturated heterocycles. The topological polar surface area (TPSA) is 243 Å². The molecular formula is C47H59NO18. The summed E-state index contributed by atoms with van der Waals surface area (Å²) in [6, 6.07) is 26.2. The molecule has 15 atom stereocenters. The predicted octanol–water partition coefficient (Wildman–Crippen LogP) is 1.98. The van der Waals surface area contributed by atoms with Gasteiger partial charge in [-0.05, 0) is 23.6 Å². The first-order valence-corrected chi connectivity index (χ1v) is 21.7. The number of esters is 3. The first-order valence-electron chi connectivity index (χ1n) is 21.7. The van der Waals surface area contributed by atoms with Gasteiger partial charge in [-0.1, -0.05) is 91.0 Å². The lowest BCUT2D eigenvalue weighted by molar-refractivity contribution is -0.383. The second-order valence-electron chi connectivity index (χ2n) is 16.2. The molecule has 0 spiro atoms. The molecule has 3 heterocycles. The number of aliphatic hydroxyl groups is 3. The van der Waals surface area contributed by atoms with Gasteiger partial charge in [0.25, 0.3) is 0 Å². The maximum Gasteiger partial charge on any atom is 0.303 e. The average molecular weight is 926 g/mol. The summed E-state index contributed by atoms with van der Waals surface area (Å²) in [6.45, 7) is 5.02. The highest BCUT2D eigenvalue weighted by Gasteiger charge is 2.56. The van der Waals surface area contributed by atoms with Gasteiger partial charge in [-0.25, -0.2) is 0 Å². The van der Waals surface area contributed by atoms with E-state index in [2.05, 4.69) is 5.32 Å². The zero-order chi connectivity index (χ0) is 47.3. The van der Waals surface area contributed by atoms with Crippen LogP contribution in [0.3, 0.4) is 0 Å². The first kappa shape index (κ1) is 50.5. The summed E-state index contributed by atoms with van der Waals surface area (Å²) in [5.74, 6) is -2.92. The predicted molar refractivity (Wildman–Crippen MR) is 227 cm³/mol. The number of hydrogen-bond acceptors (Lipinski definition) is 18. The van der Waals surface area contributed by atoms with Crippen LogP contribution in [0.15, 0.2) is 91.0 Å². The molecule has 3 aliphatic heterocycles. The van der Waals surface area contributed by atoms with E-state index in [0.29, 0.717) is 0 Å². The number of hydrogen-bond donors (Lipinski definition) is 4. The molecule has 0 bridgehead atoms. The Morgan fingerprint density at radius 1 is 0.561 bits per heavy atom. The van der Waals surface area contributed by atoms with E-state index in [1.54, 1.807) is 6.92 Å². The Balaban J connectivity index is 1.41. The molecule has 0 aliphatic carbocycles. The van der Waals surface area contributed by atoms with Crippen LogP contribution in [0.2, 0.25) is 0 Å². The summed E-state index contributed by atoms with van der Waals surface area (Å²) < 4.78 is 68.1. The van der Waals surface area contributed by atoms with Gasteiger partial charge in [0.15, 0.2) is 31.1 Å². The summed E-state index contributed by atoms with van der Waals surface area (Å²) in [4.78, 5) is 50.0. The minimum atomic E-state index is -1.65. The minimum Gasteiger partial charge on any atom is -0.463 e. The molecule has 3 aromatic carbocycles. The molecule has 0 unspecified atom stereocenters. The Morgan fingerprint density at radius 3 is 1.55 bits per heavy atom. The summed E-state index contributed by atoms with van der Waals surface area (Å²) in [5, 5.41) is 36.6. The molecule has 360 valence electrons. The number of nitrogens with one attached hydrogen (secondary N) is 1. The largest absolute Gasteiger partial charge is 0.463 e. The van der Waals surface area contributed by atoms with Crippen LogP contribution in [-0.2, 0) is 91.1 Å².